The maximum absolute atomic E-state index is 11.2. The van der Waals surface area contributed by atoms with E-state index in [1.54, 1.807) is 11.0 Å². The number of amides is 1. The second-order valence-corrected chi connectivity index (χ2v) is 3.29. The molecule has 0 fully saturated rings. The lowest BCUT2D eigenvalue weighted by Crippen LogP contribution is -2.08. The van der Waals surface area contributed by atoms with Crippen LogP contribution < -0.4 is 0 Å². The van der Waals surface area contributed by atoms with Gasteiger partial charge in [0, 0.05) is 20.2 Å². The van der Waals surface area contributed by atoms with E-state index in [-0.39, 0.29) is 5.91 Å². The Morgan fingerprint density at radius 1 is 1.27 bits per heavy atom. The van der Waals surface area contributed by atoms with Crippen molar-refractivity contribution in [3.63, 3.8) is 0 Å². The third-order valence-electron chi connectivity index (χ3n) is 1.63. The summed E-state index contributed by atoms with van der Waals surface area (Å²) in [6.07, 6.45) is 4.68. The van der Waals surface area contributed by atoms with Crippen LogP contribution in [0.3, 0.4) is 0 Å². The van der Waals surface area contributed by atoms with Crippen molar-refractivity contribution in [2.24, 2.45) is 4.99 Å². The van der Waals surface area contributed by atoms with Crippen molar-refractivity contribution < 1.29 is 4.79 Å². The summed E-state index contributed by atoms with van der Waals surface area (Å²) in [7, 11) is 3.63. The maximum atomic E-state index is 11.2. The normalized spacial score (nSPS) is 11.1. The summed E-state index contributed by atoms with van der Waals surface area (Å²) in [6.45, 7) is 0. The fourth-order valence-corrected chi connectivity index (χ4v) is 0.947. The quantitative estimate of drug-likeness (QED) is 0.425. The number of rotatable bonds is 3. The summed E-state index contributed by atoms with van der Waals surface area (Å²) < 4.78 is 0. The molecule has 1 rings (SSSR count). The molecule has 78 valence electrons. The van der Waals surface area contributed by atoms with Gasteiger partial charge in [0.25, 0.3) is 5.91 Å². The Bertz CT molecular complexity index is 366. The van der Waals surface area contributed by atoms with Crippen LogP contribution >= 0.6 is 0 Å². The van der Waals surface area contributed by atoms with Crippen LogP contribution in [0.5, 0.6) is 0 Å². The van der Waals surface area contributed by atoms with E-state index in [1.807, 2.05) is 44.4 Å². The van der Waals surface area contributed by atoms with Crippen molar-refractivity contribution in [3.8, 4) is 0 Å². The minimum absolute atomic E-state index is 0.257. The third kappa shape index (κ3) is 4.76. The summed E-state index contributed by atoms with van der Waals surface area (Å²) in [4.78, 5) is 16.6. The van der Waals surface area contributed by atoms with Gasteiger partial charge in [-0.25, -0.2) is 4.99 Å². The van der Waals surface area contributed by atoms with E-state index >= 15 is 0 Å². The summed E-state index contributed by atoms with van der Waals surface area (Å²) in [5.41, 5.74) is 0.992. The molecule has 0 aliphatic heterocycles. The monoisotopic (exact) mass is 202 g/mol. The van der Waals surface area contributed by atoms with Crippen LogP contribution in [-0.4, -0.2) is 31.2 Å². The SMILES string of the molecule is CN(C)C=NC(=O)/C=C/c1ccccc1. The highest BCUT2D eigenvalue weighted by molar-refractivity contribution is 5.96. The molecule has 3 nitrogen and oxygen atoms in total. The van der Waals surface area contributed by atoms with E-state index in [1.165, 1.54) is 12.4 Å². The molecule has 0 heterocycles. The van der Waals surface area contributed by atoms with E-state index in [9.17, 15) is 4.79 Å². The average molecular weight is 202 g/mol. The Morgan fingerprint density at radius 3 is 2.53 bits per heavy atom. The van der Waals surface area contributed by atoms with Crippen LogP contribution in [0.1, 0.15) is 5.56 Å². The largest absolute Gasteiger partial charge is 0.369 e. The minimum Gasteiger partial charge on any atom is -0.369 e. The highest BCUT2D eigenvalue weighted by Crippen LogP contribution is 2.00. The van der Waals surface area contributed by atoms with Gasteiger partial charge < -0.3 is 4.90 Å². The smallest absolute Gasteiger partial charge is 0.271 e. The van der Waals surface area contributed by atoms with Crippen molar-refractivity contribution in [3.05, 3.63) is 42.0 Å². The highest BCUT2D eigenvalue weighted by atomic mass is 16.1. The fraction of sp³-hybridized carbons (Fsp3) is 0.167. The summed E-state index contributed by atoms with van der Waals surface area (Å²) in [6, 6.07) is 9.64. The first-order valence-electron chi connectivity index (χ1n) is 4.66. The van der Waals surface area contributed by atoms with E-state index in [0.29, 0.717) is 0 Å². The molecular formula is C12H14N2O. The number of carbonyl (C=O) groups is 1. The summed E-state index contributed by atoms with van der Waals surface area (Å²) >= 11 is 0. The zero-order valence-electron chi connectivity index (χ0n) is 8.92. The molecule has 1 amide bonds. The summed E-state index contributed by atoms with van der Waals surface area (Å²) in [5.74, 6) is -0.257. The van der Waals surface area contributed by atoms with E-state index in [4.69, 9.17) is 0 Å². The Balaban J connectivity index is 2.55. The molecule has 0 spiro atoms. The topological polar surface area (TPSA) is 32.7 Å². The Hall–Kier alpha value is -1.90. The van der Waals surface area contributed by atoms with Gasteiger partial charge in [0.2, 0.25) is 0 Å². The van der Waals surface area contributed by atoms with Crippen molar-refractivity contribution in [2.75, 3.05) is 14.1 Å². The van der Waals surface area contributed by atoms with Crippen LogP contribution in [-0.2, 0) is 4.79 Å². The number of benzene rings is 1. The third-order valence-corrected chi connectivity index (χ3v) is 1.63. The average Bonchev–Trinajstić information content (AvgIpc) is 2.25. The van der Waals surface area contributed by atoms with Gasteiger partial charge in [-0.1, -0.05) is 30.3 Å². The van der Waals surface area contributed by atoms with Gasteiger partial charge in [-0.2, -0.15) is 0 Å². The molecule has 0 saturated heterocycles. The Labute approximate surface area is 89.7 Å². The van der Waals surface area contributed by atoms with Crippen LogP contribution in [0.2, 0.25) is 0 Å². The van der Waals surface area contributed by atoms with Gasteiger partial charge in [0.05, 0.1) is 6.34 Å². The lowest BCUT2D eigenvalue weighted by molar-refractivity contribution is -0.113. The first-order chi connectivity index (χ1) is 7.18. The predicted molar refractivity (Wildman–Crippen MR) is 62.7 cm³/mol. The lowest BCUT2D eigenvalue weighted by Gasteiger charge is -1.99. The zero-order valence-corrected chi connectivity index (χ0v) is 8.92. The van der Waals surface area contributed by atoms with Gasteiger partial charge in [0.15, 0.2) is 0 Å². The number of hydrogen-bond donors (Lipinski definition) is 0. The Morgan fingerprint density at radius 2 is 1.93 bits per heavy atom. The van der Waals surface area contributed by atoms with E-state index in [0.717, 1.165) is 5.56 Å². The van der Waals surface area contributed by atoms with Gasteiger partial charge in [-0.3, -0.25) is 4.79 Å². The number of aliphatic imine (C=N–C) groups is 1. The molecule has 0 aromatic heterocycles. The Kier molecular flexibility index (Phi) is 4.29. The van der Waals surface area contributed by atoms with E-state index < -0.39 is 0 Å². The standard InChI is InChI=1S/C12H14N2O/c1-14(2)10-13-12(15)9-8-11-6-4-3-5-7-11/h3-10H,1-2H3/b9-8+,13-10?. The molecule has 0 radical (unpaired) electrons. The predicted octanol–water partition coefficient (Wildman–Crippen LogP) is 1.82. The molecule has 0 N–H and O–H groups in total. The molecule has 3 heteroatoms. The molecule has 0 aliphatic carbocycles. The number of carbonyl (C=O) groups excluding carboxylic acids is 1. The zero-order chi connectivity index (χ0) is 11.1. The summed E-state index contributed by atoms with van der Waals surface area (Å²) in [5, 5.41) is 0. The molecule has 0 unspecified atom stereocenters. The second-order valence-electron chi connectivity index (χ2n) is 3.29. The van der Waals surface area contributed by atoms with Gasteiger partial charge >= 0.3 is 0 Å². The van der Waals surface area contributed by atoms with Crippen molar-refractivity contribution in [2.45, 2.75) is 0 Å². The molecule has 0 saturated carbocycles. The molecule has 1 aromatic carbocycles. The molecule has 15 heavy (non-hydrogen) atoms. The van der Waals surface area contributed by atoms with Crippen molar-refractivity contribution in [1.82, 2.24) is 4.90 Å². The van der Waals surface area contributed by atoms with Gasteiger partial charge in [-0.15, -0.1) is 0 Å². The van der Waals surface area contributed by atoms with Crippen LogP contribution in [0.4, 0.5) is 0 Å². The number of hydrogen-bond acceptors (Lipinski definition) is 1. The van der Waals surface area contributed by atoms with Crippen molar-refractivity contribution in [1.29, 1.82) is 0 Å². The van der Waals surface area contributed by atoms with Crippen LogP contribution in [0, 0.1) is 0 Å². The van der Waals surface area contributed by atoms with Crippen LogP contribution in [0.15, 0.2) is 41.4 Å². The molecule has 1 aromatic rings. The van der Waals surface area contributed by atoms with Gasteiger partial charge in [0.1, 0.15) is 0 Å². The molecule has 0 bridgehead atoms. The second kappa shape index (κ2) is 5.75. The number of nitrogens with zero attached hydrogens (tertiary/aromatic N) is 2. The molecule has 0 atom stereocenters. The molecular weight excluding hydrogens is 188 g/mol. The lowest BCUT2D eigenvalue weighted by atomic mass is 10.2. The van der Waals surface area contributed by atoms with E-state index in [2.05, 4.69) is 4.99 Å². The minimum atomic E-state index is -0.257. The highest BCUT2D eigenvalue weighted by Gasteiger charge is 1.90. The van der Waals surface area contributed by atoms with Crippen LogP contribution in [0.25, 0.3) is 6.08 Å². The van der Waals surface area contributed by atoms with Crippen molar-refractivity contribution >= 4 is 18.3 Å². The first-order valence-corrected chi connectivity index (χ1v) is 4.66. The first kappa shape index (κ1) is 11.2. The maximum Gasteiger partial charge on any atom is 0.271 e. The molecule has 0 aliphatic rings. The van der Waals surface area contributed by atoms with Gasteiger partial charge in [-0.05, 0) is 11.6 Å². The fourth-order valence-electron chi connectivity index (χ4n) is 0.947.